The van der Waals surface area contributed by atoms with Gasteiger partial charge in [0, 0.05) is 9.77 Å². The number of carbonyl (C=O) groups excluding carboxylic acids is 1. The average Bonchev–Trinajstić information content (AvgIpc) is 2.92. The Balaban J connectivity index is 1.65. The van der Waals surface area contributed by atoms with Gasteiger partial charge in [-0.25, -0.2) is 0 Å². The van der Waals surface area contributed by atoms with Gasteiger partial charge in [-0.15, -0.1) is 23.1 Å². The van der Waals surface area contributed by atoms with Gasteiger partial charge >= 0.3 is 0 Å². The van der Waals surface area contributed by atoms with E-state index in [1.807, 2.05) is 0 Å². The highest BCUT2D eigenvalue weighted by Gasteiger charge is 2.32. The first kappa shape index (κ1) is 15.1. The van der Waals surface area contributed by atoms with E-state index in [1.165, 1.54) is 21.8 Å². The quantitative estimate of drug-likeness (QED) is 0.791. The van der Waals surface area contributed by atoms with E-state index in [2.05, 4.69) is 48.1 Å². The predicted molar refractivity (Wildman–Crippen MR) is 97.6 cm³/mol. The van der Waals surface area contributed by atoms with Gasteiger partial charge in [-0.3, -0.25) is 4.79 Å². The summed E-state index contributed by atoms with van der Waals surface area (Å²) in [6.07, 6.45) is 5.25. The molecule has 3 nitrogen and oxygen atoms in total. The van der Waals surface area contributed by atoms with Crippen molar-refractivity contribution in [3.8, 4) is 0 Å². The lowest BCUT2D eigenvalue weighted by molar-refractivity contribution is 0.0935. The van der Waals surface area contributed by atoms with E-state index < -0.39 is 0 Å². The molecule has 0 radical (unpaired) electrons. The Morgan fingerprint density at radius 3 is 2.74 bits per heavy atom. The van der Waals surface area contributed by atoms with Crippen LogP contribution in [0.1, 0.15) is 45.9 Å². The molecular formula is C18H20N2OS2. The highest BCUT2D eigenvalue weighted by Crippen LogP contribution is 2.42. The van der Waals surface area contributed by atoms with Gasteiger partial charge in [0.05, 0.1) is 5.56 Å². The van der Waals surface area contributed by atoms with Crippen molar-refractivity contribution in [2.75, 3.05) is 11.6 Å². The molecule has 120 valence electrons. The number of benzene rings is 1. The first-order chi connectivity index (χ1) is 11.2. The fourth-order valence-corrected chi connectivity index (χ4v) is 5.27. The largest absolute Gasteiger partial charge is 0.353 e. The van der Waals surface area contributed by atoms with Gasteiger partial charge in [0.25, 0.3) is 5.91 Å². The van der Waals surface area contributed by atoms with Crippen molar-refractivity contribution >= 4 is 34.0 Å². The highest BCUT2D eigenvalue weighted by molar-refractivity contribution is 7.98. The standard InChI is InChI=1S/C18H20N2OS2/c1-10-3-8-13-14(9-10)23-18-15(13)17(21)19-16(20-18)11-4-6-12(22-2)7-5-11/h4-7,10,16,20H,3,8-9H2,1-2H3,(H,19,21)/t10-,16-/m1/s1. The van der Waals surface area contributed by atoms with Crippen LogP contribution in [0, 0.1) is 5.92 Å². The Bertz CT molecular complexity index is 751. The van der Waals surface area contributed by atoms with Crippen LogP contribution in [0.25, 0.3) is 0 Å². The van der Waals surface area contributed by atoms with Crippen LogP contribution in [0.2, 0.25) is 0 Å². The molecule has 2 aliphatic rings. The molecule has 2 aromatic rings. The summed E-state index contributed by atoms with van der Waals surface area (Å²) >= 11 is 3.50. The number of amides is 1. The van der Waals surface area contributed by atoms with E-state index in [-0.39, 0.29) is 12.1 Å². The molecule has 2 N–H and O–H groups in total. The molecule has 0 fully saturated rings. The summed E-state index contributed by atoms with van der Waals surface area (Å²) < 4.78 is 0. The van der Waals surface area contributed by atoms with Gasteiger partial charge in [0.15, 0.2) is 0 Å². The Hall–Kier alpha value is -1.46. The lowest BCUT2D eigenvalue weighted by atomic mass is 9.88. The minimum Gasteiger partial charge on any atom is -0.353 e. The smallest absolute Gasteiger partial charge is 0.256 e. The average molecular weight is 345 g/mol. The number of thioether (sulfide) groups is 1. The van der Waals surface area contributed by atoms with Crippen LogP contribution >= 0.6 is 23.1 Å². The van der Waals surface area contributed by atoms with E-state index in [0.717, 1.165) is 34.9 Å². The van der Waals surface area contributed by atoms with E-state index in [4.69, 9.17) is 0 Å². The van der Waals surface area contributed by atoms with E-state index in [1.54, 1.807) is 23.1 Å². The minimum atomic E-state index is -0.136. The van der Waals surface area contributed by atoms with Crippen molar-refractivity contribution in [2.45, 2.75) is 37.2 Å². The number of nitrogens with one attached hydrogen (secondary N) is 2. The van der Waals surface area contributed by atoms with Crippen LogP contribution in [0.15, 0.2) is 29.2 Å². The summed E-state index contributed by atoms with van der Waals surface area (Å²) in [5.74, 6) is 0.797. The van der Waals surface area contributed by atoms with Crippen molar-refractivity contribution in [2.24, 2.45) is 5.92 Å². The van der Waals surface area contributed by atoms with Crippen molar-refractivity contribution in [1.29, 1.82) is 0 Å². The van der Waals surface area contributed by atoms with Gasteiger partial charge < -0.3 is 10.6 Å². The number of rotatable bonds is 2. The maximum atomic E-state index is 12.7. The molecule has 1 aliphatic carbocycles. The van der Waals surface area contributed by atoms with E-state index in [9.17, 15) is 4.79 Å². The number of hydrogen-bond donors (Lipinski definition) is 2. The number of hydrogen-bond acceptors (Lipinski definition) is 4. The fourth-order valence-electron chi connectivity index (χ4n) is 3.43. The Morgan fingerprint density at radius 1 is 1.22 bits per heavy atom. The molecule has 2 atom stereocenters. The number of thiophene rings is 1. The number of carbonyl (C=O) groups is 1. The Kier molecular flexibility index (Phi) is 3.85. The number of fused-ring (bicyclic) bond motifs is 3. The molecule has 0 spiro atoms. The predicted octanol–water partition coefficient (Wildman–Crippen LogP) is 4.45. The lowest BCUT2D eigenvalue weighted by Gasteiger charge is -2.27. The zero-order chi connectivity index (χ0) is 16.0. The second-order valence-corrected chi connectivity index (χ2v) is 8.36. The molecule has 0 unspecified atom stereocenters. The topological polar surface area (TPSA) is 41.1 Å². The molecule has 4 rings (SSSR count). The molecule has 2 heterocycles. The maximum Gasteiger partial charge on any atom is 0.256 e. The van der Waals surface area contributed by atoms with Crippen molar-refractivity contribution in [3.05, 3.63) is 45.8 Å². The van der Waals surface area contributed by atoms with Gasteiger partial charge in [-0.2, -0.15) is 0 Å². The van der Waals surface area contributed by atoms with Crippen LogP contribution in [-0.2, 0) is 12.8 Å². The zero-order valence-corrected chi connectivity index (χ0v) is 14.9. The van der Waals surface area contributed by atoms with Crippen LogP contribution in [0.3, 0.4) is 0 Å². The van der Waals surface area contributed by atoms with Gasteiger partial charge in [0.1, 0.15) is 11.2 Å². The summed E-state index contributed by atoms with van der Waals surface area (Å²) in [4.78, 5) is 15.3. The second kappa shape index (κ2) is 5.87. The summed E-state index contributed by atoms with van der Waals surface area (Å²) in [6, 6.07) is 8.38. The van der Waals surface area contributed by atoms with Crippen molar-refractivity contribution in [1.82, 2.24) is 5.32 Å². The SMILES string of the molecule is CSc1ccc([C@@H]2NC(=O)c3c(sc4c3CC[C@@H](C)C4)N2)cc1. The van der Waals surface area contributed by atoms with Gasteiger partial charge in [0.2, 0.25) is 0 Å². The minimum absolute atomic E-state index is 0.0738. The third-order valence-corrected chi connectivity index (χ3v) is 6.67. The number of anilines is 1. The lowest BCUT2D eigenvalue weighted by Crippen LogP contribution is -2.38. The summed E-state index contributed by atoms with van der Waals surface area (Å²) in [7, 11) is 0. The molecule has 0 saturated carbocycles. The van der Waals surface area contributed by atoms with E-state index in [0.29, 0.717) is 0 Å². The monoisotopic (exact) mass is 344 g/mol. The Labute approximate surface area is 144 Å². The first-order valence-electron chi connectivity index (χ1n) is 8.01. The Morgan fingerprint density at radius 2 is 2.00 bits per heavy atom. The fraction of sp³-hybridized carbons (Fsp3) is 0.389. The molecule has 23 heavy (non-hydrogen) atoms. The molecule has 1 aromatic heterocycles. The maximum absolute atomic E-state index is 12.7. The normalized spacial score (nSPS) is 22.8. The van der Waals surface area contributed by atoms with Crippen molar-refractivity contribution < 1.29 is 4.79 Å². The third kappa shape index (κ3) is 2.66. The van der Waals surface area contributed by atoms with Crippen LogP contribution in [0.5, 0.6) is 0 Å². The summed E-state index contributed by atoms with van der Waals surface area (Å²) in [5, 5.41) is 7.70. The molecule has 1 aliphatic heterocycles. The first-order valence-corrected chi connectivity index (χ1v) is 10.1. The zero-order valence-electron chi connectivity index (χ0n) is 13.3. The second-order valence-electron chi connectivity index (χ2n) is 6.38. The summed E-state index contributed by atoms with van der Waals surface area (Å²) in [6.45, 7) is 2.30. The molecule has 1 aromatic carbocycles. The molecular weight excluding hydrogens is 324 g/mol. The molecule has 0 saturated heterocycles. The van der Waals surface area contributed by atoms with E-state index >= 15 is 0 Å². The highest BCUT2D eigenvalue weighted by atomic mass is 32.2. The molecule has 1 amide bonds. The van der Waals surface area contributed by atoms with Crippen molar-refractivity contribution in [3.63, 3.8) is 0 Å². The van der Waals surface area contributed by atoms with Crippen LogP contribution in [0.4, 0.5) is 5.00 Å². The van der Waals surface area contributed by atoms with Crippen LogP contribution < -0.4 is 10.6 Å². The molecule has 0 bridgehead atoms. The van der Waals surface area contributed by atoms with Crippen LogP contribution in [-0.4, -0.2) is 12.2 Å². The third-order valence-electron chi connectivity index (χ3n) is 4.74. The van der Waals surface area contributed by atoms with Gasteiger partial charge in [-0.05, 0) is 54.7 Å². The molecule has 5 heteroatoms. The summed E-state index contributed by atoms with van der Waals surface area (Å²) in [5.41, 5.74) is 3.28. The van der Waals surface area contributed by atoms with Gasteiger partial charge in [-0.1, -0.05) is 19.1 Å².